The molecule has 0 aliphatic carbocycles. The highest BCUT2D eigenvalue weighted by atomic mass is 19.1. The lowest BCUT2D eigenvalue weighted by atomic mass is 10.1. The summed E-state index contributed by atoms with van der Waals surface area (Å²) in [6.45, 7) is 7.33. The molecule has 1 unspecified atom stereocenters. The van der Waals surface area contributed by atoms with E-state index in [1.807, 2.05) is 0 Å². The standard InChI is InChI=1S/C13H20FNO/c1-9(2)8-15-10(3)11-5-6-12(14)13(7-11)16-4/h5-7,9-10,15H,8H2,1-4H3. The van der Waals surface area contributed by atoms with Gasteiger partial charge in [0.05, 0.1) is 7.11 Å². The fourth-order valence-electron chi connectivity index (χ4n) is 1.48. The summed E-state index contributed by atoms with van der Waals surface area (Å²) in [5.74, 6) is 0.586. The fraction of sp³-hybridized carbons (Fsp3) is 0.538. The maximum Gasteiger partial charge on any atom is 0.165 e. The summed E-state index contributed by atoms with van der Waals surface area (Å²) in [5, 5.41) is 3.39. The number of hydrogen-bond acceptors (Lipinski definition) is 2. The smallest absolute Gasteiger partial charge is 0.165 e. The van der Waals surface area contributed by atoms with Crippen molar-refractivity contribution in [3.8, 4) is 5.75 Å². The summed E-state index contributed by atoms with van der Waals surface area (Å²) in [6.07, 6.45) is 0. The van der Waals surface area contributed by atoms with E-state index in [-0.39, 0.29) is 11.9 Å². The van der Waals surface area contributed by atoms with Gasteiger partial charge in [0.1, 0.15) is 0 Å². The first-order valence-electron chi connectivity index (χ1n) is 5.61. The number of nitrogens with one attached hydrogen (secondary N) is 1. The third-order valence-corrected chi connectivity index (χ3v) is 2.51. The maximum atomic E-state index is 13.2. The van der Waals surface area contributed by atoms with Gasteiger partial charge in [0.2, 0.25) is 0 Å². The molecule has 2 nitrogen and oxygen atoms in total. The predicted molar refractivity (Wildman–Crippen MR) is 64.2 cm³/mol. The van der Waals surface area contributed by atoms with Crippen molar-refractivity contribution < 1.29 is 9.13 Å². The van der Waals surface area contributed by atoms with Crippen LogP contribution >= 0.6 is 0 Å². The molecule has 0 aromatic heterocycles. The van der Waals surface area contributed by atoms with Crippen molar-refractivity contribution in [1.29, 1.82) is 0 Å². The topological polar surface area (TPSA) is 21.3 Å². The summed E-state index contributed by atoms with van der Waals surface area (Å²) in [7, 11) is 1.48. The monoisotopic (exact) mass is 225 g/mol. The Bertz CT molecular complexity index is 339. The molecule has 0 spiro atoms. The van der Waals surface area contributed by atoms with E-state index in [2.05, 4.69) is 26.1 Å². The molecule has 0 bridgehead atoms. The van der Waals surface area contributed by atoms with Crippen LogP contribution in [0.15, 0.2) is 18.2 Å². The quantitative estimate of drug-likeness (QED) is 0.831. The lowest BCUT2D eigenvalue weighted by Crippen LogP contribution is -2.23. The summed E-state index contributed by atoms with van der Waals surface area (Å²) in [4.78, 5) is 0. The SMILES string of the molecule is COc1cc(C(C)NCC(C)C)ccc1F. The van der Waals surface area contributed by atoms with Crippen LogP contribution in [0.5, 0.6) is 5.75 Å². The number of methoxy groups -OCH3 is 1. The van der Waals surface area contributed by atoms with Crippen molar-refractivity contribution >= 4 is 0 Å². The van der Waals surface area contributed by atoms with Gasteiger partial charge in [0.25, 0.3) is 0 Å². The molecule has 1 atom stereocenters. The van der Waals surface area contributed by atoms with Crippen LogP contribution in [0.2, 0.25) is 0 Å². The van der Waals surface area contributed by atoms with Gasteiger partial charge < -0.3 is 10.1 Å². The van der Waals surface area contributed by atoms with Crippen LogP contribution in [0.3, 0.4) is 0 Å². The number of benzene rings is 1. The molecule has 16 heavy (non-hydrogen) atoms. The third kappa shape index (κ3) is 3.49. The molecule has 0 heterocycles. The highest BCUT2D eigenvalue weighted by Crippen LogP contribution is 2.22. The van der Waals surface area contributed by atoms with Crippen LogP contribution in [0.1, 0.15) is 32.4 Å². The molecule has 1 N–H and O–H groups in total. The van der Waals surface area contributed by atoms with E-state index in [9.17, 15) is 4.39 Å². The maximum absolute atomic E-state index is 13.2. The van der Waals surface area contributed by atoms with Gasteiger partial charge in [-0.25, -0.2) is 4.39 Å². The largest absolute Gasteiger partial charge is 0.494 e. The average Bonchev–Trinajstić information content (AvgIpc) is 2.26. The Balaban J connectivity index is 2.72. The molecule has 90 valence electrons. The zero-order valence-electron chi connectivity index (χ0n) is 10.4. The Kier molecular flexibility index (Phi) is 4.74. The van der Waals surface area contributed by atoms with Crippen molar-refractivity contribution in [2.75, 3.05) is 13.7 Å². The molecule has 0 radical (unpaired) electrons. The molecule has 0 amide bonds. The molecule has 1 aromatic rings. The molecule has 0 saturated heterocycles. The second-order valence-electron chi connectivity index (χ2n) is 4.42. The number of halogens is 1. The average molecular weight is 225 g/mol. The predicted octanol–water partition coefficient (Wildman–Crippen LogP) is 3.14. The normalized spacial score (nSPS) is 12.9. The molecule has 0 saturated carbocycles. The van der Waals surface area contributed by atoms with E-state index in [4.69, 9.17) is 4.74 Å². The summed E-state index contributed by atoms with van der Waals surface area (Å²) in [6, 6.07) is 5.18. The molecule has 3 heteroatoms. The van der Waals surface area contributed by atoms with Crippen molar-refractivity contribution in [3.05, 3.63) is 29.6 Å². The van der Waals surface area contributed by atoms with Crippen molar-refractivity contribution in [2.24, 2.45) is 5.92 Å². The van der Waals surface area contributed by atoms with Crippen molar-refractivity contribution in [2.45, 2.75) is 26.8 Å². The highest BCUT2D eigenvalue weighted by molar-refractivity contribution is 5.31. The first kappa shape index (κ1) is 13.0. The zero-order valence-corrected chi connectivity index (χ0v) is 10.4. The third-order valence-electron chi connectivity index (χ3n) is 2.51. The van der Waals surface area contributed by atoms with E-state index < -0.39 is 0 Å². The van der Waals surface area contributed by atoms with Crippen LogP contribution in [0, 0.1) is 11.7 Å². The van der Waals surface area contributed by atoms with Crippen LogP contribution in [0.25, 0.3) is 0 Å². The van der Waals surface area contributed by atoms with Gasteiger partial charge in [-0.15, -0.1) is 0 Å². The van der Waals surface area contributed by atoms with Gasteiger partial charge in [-0.05, 0) is 37.1 Å². The number of rotatable bonds is 5. The Labute approximate surface area is 96.8 Å². The van der Waals surface area contributed by atoms with Gasteiger partial charge in [-0.1, -0.05) is 19.9 Å². The van der Waals surface area contributed by atoms with Crippen LogP contribution in [-0.4, -0.2) is 13.7 Å². The van der Waals surface area contributed by atoms with Crippen molar-refractivity contribution in [3.63, 3.8) is 0 Å². The molecular formula is C13H20FNO. The van der Waals surface area contributed by atoms with Gasteiger partial charge in [-0.2, -0.15) is 0 Å². The van der Waals surface area contributed by atoms with Crippen LogP contribution in [-0.2, 0) is 0 Å². The minimum Gasteiger partial charge on any atom is -0.494 e. The fourth-order valence-corrected chi connectivity index (χ4v) is 1.48. The number of ether oxygens (including phenoxy) is 1. The molecule has 0 aliphatic rings. The first-order chi connectivity index (χ1) is 7.54. The summed E-state index contributed by atoms with van der Waals surface area (Å²) >= 11 is 0. The van der Waals surface area contributed by atoms with Gasteiger partial charge >= 0.3 is 0 Å². The van der Waals surface area contributed by atoms with E-state index in [0.717, 1.165) is 12.1 Å². The highest BCUT2D eigenvalue weighted by Gasteiger charge is 2.09. The van der Waals surface area contributed by atoms with Crippen LogP contribution in [0.4, 0.5) is 4.39 Å². The minimum atomic E-state index is -0.317. The van der Waals surface area contributed by atoms with Gasteiger partial charge in [0, 0.05) is 6.04 Å². The first-order valence-corrected chi connectivity index (χ1v) is 5.61. The molecule has 1 rings (SSSR count). The van der Waals surface area contributed by atoms with Gasteiger partial charge in [0.15, 0.2) is 11.6 Å². The molecule has 1 aromatic carbocycles. The van der Waals surface area contributed by atoms with Gasteiger partial charge in [-0.3, -0.25) is 0 Å². The second-order valence-corrected chi connectivity index (χ2v) is 4.42. The van der Waals surface area contributed by atoms with E-state index in [0.29, 0.717) is 11.7 Å². The zero-order chi connectivity index (χ0) is 12.1. The Morgan fingerprint density at radius 1 is 1.31 bits per heavy atom. The Morgan fingerprint density at radius 2 is 2.00 bits per heavy atom. The van der Waals surface area contributed by atoms with E-state index >= 15 is 0 Å². The Hall–Kier alpha value is -1.09. The van der Waals surface area contributed by atoms with E-state index in [1.54, 1.807) is 12.1 Å². The Morgan fingerprint density at radius 3 is 2.56 bits per heavy atom. The number of hydrogen-bond donors (Lipinski definition) is 1. The lowest BCUT2D eigenvalue weighted by molar-refractivity contribution is 0.384. The second kappa shape index (κ2) is 5.85. The van der Waals surface area contributed by atoms with E-state index in [1.165, 1.54) is 13.2 Å². The lowest BCUT2D eigenvalue weighted by Gasteiger charge is -2.16. The molecular weight excluding hydrogens is 205 g/mol. The van der Waals surface area contributed by atoms with Crippen LogP contribution < -0.4 is 10.1 Å². The summed E-state index contributed by atoms with van der Waals surface area (Å²) < 4.78 is 18.2. The summed E-state index contributed by atoms with van der Waals surface area (Å²) in [5.41, 5.74) is 1.04. The van der Waals surface area contributed by atoms with Crippen molar-refractivity contribution in [1.82, 2.24) is 5.32 Å². The molecule has 0 fully saturated rings. The molecule has 0 aliphatic heterocycles. The minimum absolute atomic E-state index is 0.205.